The summed E-state index contributed by atoms with van der Waals surface area (Å²) in [4.78, 5) is 15.0. The molecule has 0 aliphatic carbocycles. The van der Waals surface area contributed by atoms with Gasteiger partial charge in [-0.1, -0.05) is 38.3 Å². The van der Waals surface area contributed by atoms with E-state index < -0.39 is 0 Å². The van der Waals surface area contributed by atoms with Crippen LogP contribution in [0.5, 0.6) is 5.75 Å². The minimum absolute atomic E-state index is 0.279. The van der Waals surface area contributed by atoms with Crippen molar-refractivity contribution in [3.05, 3.63) is 29.8 Å². The molecule has 1 amide bonds. The SMILES string of the molecule is CCCCC1(c2cccc(OC)c2)CCCCN(C)C1=O. The van der Waals surface area contributed by atoms with E-state index in [2.05, 4.69) is 13.0 Å². The first kappa shape index (κ1) is 15.9. The second kappa shape index (κ2) is 6.97. The Morgan fingerprint density at radius 3 is 2.86 bits per heavy atom. The highest BCUT2D eigenvalue weighted by Gasteiger charge is 2.42. The number of carbonyl (C=O) groups is 1. The maximum absolute atomic E-state index is 13.1. The monoisotopic (exact) mass is 289 g/mol. The molecule has 1 fully saturated rings. The lowest BCUT2D eigenvalue weighted by Gasteiger charge is -2.34. The maximum atomic E-state index is 13.1. The lowest BCUT2D eigenvalue weighted by atomic mass is 9.72. The number of likely N-dealkylation sites (tertiary alicyclic amines) is 1. The first-order valence-corrected chi connectivity index (χ1v) is 8.04. The zero-order valence-electron chi connectivity index (χ0n) is 13.5. The van der Waals surface area contributed by atoms with Gasteiger partial charge in [0.25, 0.3) is 0 Å². The number of amides is 1. The molecule has 1 aliphatic rings. The van der Waals surface area contributed by atoms with E-state index in [1.807, 2.05) is 30.1 Å². The third-order valence-electron chi connectivity index (χ3n) is 4.68. The summed E-state index contributed by atoms with van der Waals surface area (Å²) in [5, 5.41) is 0. The van der Waals surface area contributed by atoms with Crippen LogP contribution in [0.3, 0.4) is 0 Å². The number of carbonyl (C=O) groups excluding carboxylic acids is 1. The smallest absolute Gasteiger partial charge is 0.232 e. The molecule has 0 aromatic heterocycles. The number of nitrogens with zero attached hydrogens (tertiary/aromatic N) is 1. The molecule has 1 unspecified atom stereocenters. The fraction of sp³-hybridized carbons (Fsp3) is 0.611. The second-order valence-corrected chi connectivity index (χ2v) is 6.10. The van der Waals surface area contributed by atoms with Gasteiger partial charge in [-0.25, -0.2) is 0 Å². The molecule has 1 saturated heterocycles. The van der Waals surface area contributed by atoms with E-state index in [-0.39, 0.29) is 11.3 Å². The van der Waals surface area contributed by atoms with Gasteiger partial charge in [-0.3, -0.25) is 4.79 Å². The fourth-order valence-corrected chi connectivity index (χ4v) is 3.39. The average molecular weight is 289 g/mol. The number of methoxy groups -OCH3 is 1. The molecule has 3 heteroatoms. The zero-order valence-corrected chi connectivity index (χ0v) is 13.5. The van der Waals surface area contributed by atoms with Gasteiger partial charge >= 0.3 is 0 Å². The molecule has 3 nitrogen and oxygen atoms in total. The van der Waals surface area contributed by atoms with Gasteiger partial charge in [0, 0.05) is 13.6 Å². The molecule has 21 heavy (non-hydrogen) atoms. The number of unbranched alkanes of at least 4 members (excludes halogenated alkanes) is 1. The van der Waals surface area contributed by atoms with Crippen LogP contribution in [0.25, 0.3) is 0 Å². The Hall–Kier alpha value is -1.51. The average Bonchev–Trinajstić information content (AvgIpc) is 2.66. The molecule has 116 valence electrons. The van der Waals surface area contributed by atoms with Crippen LogP contribution in [0.2, 0.25) is 0 Å². The Kier molecular flexibility index (Phi) is 5.27. The van der Waals surface area contributed by atoms with E-state index in [1.165, 1.54) is 0 Å². The number of rotatable bonds is 5. The summed E-state index contributed by atoms with van der Waals surface area (Å²) in [6, 6.07) is 8.09. The Bertz CT molecular complexity index is 486. The first-order chi connectivity index (χ1) is 10.1. The topological polar surface area (TPSA) is 29.5 Å². The van der Waals surface area contributed by atoms with Crippen molar-refractivity contribution in [2.24, 2.45) is 0 Å². The molecule has 2 rings (SSSR count). The van der Waals surface area contributed by atoms with Crippen molar-refractivity contribution in [3.8, 4) is 5.75 Å². The predicted molar refractivity (Wildman–Crippen MR) is 85.7 cm³/mol. The van der Waals surface area contributed by atoms with Crippen LogP contribution in [0.4, 0.5) is 0 Å². The van der Waals surface area contributed by atoms with Crippen molar-refractivity contribution in [2.45, 2.75) is 50.9 Å². The number of likely N-dealkylation sites (N-methyl/N-ethyl adjacent to an activating group) is 1. The third-order valence-corrected chi connectivity index (χ3v) is 4.68. The van der Waals surface area contributed by atoms with Gasteiger partial charge in [-0.05, 0) is 37.0 Å². The van der Waals surface area contributed by atoms with Gasteiger partial charge in [-0.2, -0.15) is 0 Å². The van der Waals surface area contributed by atoms with Crippen LogP contribution in [-0.4, -0.2) is 31.5 Å². The van der Waals surface area contributed by atoms with Gasteiger partial charge in [-0.15, -0.1) is 0 Å². The lowest BCUT2D eigenvalue weighted by Crippen LogP contribution is -2.44. The van der Waals surface area contributed by atoms with Crippen molar-refractivity contribution in [2.75, 3.05) is 20.7 Å². The van der Waals surface area contributed by atoms with E-state index in [9.17, 15) is 4.79 Å². The number of benzene rings is 1. The minimum atomic E-state index is -0.365. The Labute approximate surface area is 128 Å². The second-order valence-electron chi connectivity index (χ2n) is 6.10. The van der Waals surface area contributed by atoms with E-state index >= 15 is 0 Å². The van der Waals surface area contributed by atoms with Crippen molar-refractivity contribution in [1.29, 1.82) is 0 Å². The van der Waals surface area contributed by atoms with Crippen LogP contribution < -0.4 is 4.74 Å². The number of hydrogen-bond donors (Lipinski definition) is 0. The lowest BCUT2D eigenvalue weighted by molar-refractivity contribution is -0.136. The first-order valence-electron chi connectivity index (χ1n) is 8.04. The molecular formula is C18H27NO2. The summed E-state index contributed by atoms with van der Waals surface area (Å²) in [6.07, 6.45) is 6.28. The molecule has 1 heterocycles. The quantitative estimate of drug-likeness (QED) is 0.826. The third kappa shape index (κ3) is 3.22. The van der Waals surface area contributed by atoms with E-state index in [0.717, 1.165) is 56.4 Å². The van der Waals surface area contributed by atoms with E-state index in [0.29, 0.717) is 0 Å². The normalized spacial score (nSPS) is 23.0. The summed E-state index contributed by atoms with van der Waals surface area (Å²) in [5.74, 6) is 1.12. The van der Waals surface area contributed by atoms with E-state index in [1.54, 1.807) is 7.11 Å². The summed E-state index contributed by atoms with van der Waals surface area (Å²) >= 11 is 0. The molecule has 0 N–H and O–H groups in total. The Balaban J connectivity index is 2.45. The Morgan fingerprint density at radius 1 is 1.33 bits per heavy atom. The van der Waals surface area contributed by atoms with Gasteiger partial charge in [0.2, 0.25) is 5.91 Å². The number of hydrogen-bond acceptors (Lipinski definition) is 2. The molecule has 0 spiro atoms. The van der Waals surface area contributed by atoms with Crippen molar-refractivity contribution in [1.82, 2.24) is 4.90 Å². The summed E-state index contributed by atoms with van der Waals surface area (Å²) in [5.41, 5.74) is 0.754. The fourth-order valence-electron chi connectivity index (χ4n) is 3.39. The van der Waals surface area contributed by atoms with Gasteiger partial charge in [0.05, 0.1) is 12.5 Å². The van der Waals surface area contributed by atoms with Crippen LogP contribution in [0.15, 0.2) is 24.3 Å². The molecule has 1 aromatic carbocycles. The van der Waals surface area contributed by atoms with Crippen LogP contribution in [0.1, 0.15) is 51.0 Å². The highest BCUT2D eigenvalue weighted by Crippen LogP contribution is 2.40. The minimum Gasteiger partial charge on any atom is -0.497 e. The van der Waals surface area contributed by atoms with Crippen molar-refractivity contribution >= 4 is 5.91 Å². The number of ether oxygens (including phenoxy) is 1. The standard InChI is InChI=1S/C18H27NO2/c1-4-5-11-18(12-6-7-13-19(2)17(18)20)15-9-8-10-16(14-15)21-3/h8-10,14H,4-7,11-13H2,1-3H3. The summed E-state index contributed by atoms with van der Waals surface area (Å²) < 4.78 is 5.36. The molecule has 0 radical (unpaired) electrons. The largest absolute Gasteiger partial charge is 0.497 e. The maximum Gasteiger partial charge on any atom is 0.232 e. The van der Waals surface area contributed by atoms with Gasteiger partial charge < -0.3 is 9.64 Å². The molecule has 1 atom stereocenters. The van der Waals surface area contributed by atoms with Crippen molar-refractivity contribution in [3.63, 3.8) is 0 Å². The Morgan fingerprint density at radius 2 is 2.14 bits per heavy atom. The van der Waals surface area contributed by atoms with Gasteiger partial charge in [0.1, 0.15) is 5.75 Å². The molecular weight excluding hydrogens is 262 g/mol. The molecule has 0 saturated carbocycles. The van der Waals surface area contributed by atoms with Crippen LogP contribution in [-0.2, 0) is 10.2 Å². The highest BCUT2D eigenvalue weighted by atomic mass is 16.5. The molecule has 0 bridgehead atoms. The summed E-state index contributed by atoms with van der Waals surface area (Å²) in [6.45, 7) is 3.06. The summed E-state index contributed by atoms with van der Waals surface area (Å²) in [7, 11) is 3.62. The van der Waals surface area contributed by atoms with Gasteiger partial charge in [0.15, 0.2) is 0 Å². The highest BCUT2D eigenvalue weighted by molar-refractivity contribution is 5.88. The predicted octanol–water partition coefficient (Wildman–Crippen LogP) is 3.77. The van der Waals surface area contributed by atoms with Crippen LogP contribution >= 0.6 is 0 Å². The molecule has 1 aromatic rings. The van der Waals surface area contributed by atoms with E-state index in [4.69, 9.17) is 4.74 Å². The molecule has 1 aliphatic heterocycles. The van der Waals surface area contributed by atoms with Crippen molar-refractivity contribution < 1.29 is 9.53 Å². The zero-order chi connectivity index (χ0) is 15.3. The van der Waals surface area contributed by atoms with Crippen LogP contribution in [0, 0.1) is 0 Å².